The van der Waals surface area contributed by atoms with Crippen molar-refractivity contribution in [2.24, 2.45) is 17.8 Å². The first-order chi connectivity index (χ1) is 16.0. The molecule has 0 aromatic heterocycles. The van der Waals surface area contributed by atoms with Crippen molar-refractivity contribution in [1.82, 2.24) is 10.6 Å². The lowest BCUT2D eigenvalue weighted by atomic mass is 9.58. The fourth-order valence-electron chi connectivity index (χ4n) is 5.96. The number of ether oxygens (including phenoxy) is 2. The van der Waals surface area contributed by atoms with E-state index in [1.807, 2.05) is 42.5 Å². The van der Waals surface area contributed by atoms with Gasteiger partial charge in [0.2, 0.25) is 5.91 Å². The van der Waals surface area contributed by atoms with Gasteiger partial charge in [-0.3, -0.25) is 9.59 Å². The van der Waals surface area contributed by atoms with Crippen molar-refractivity contribution in [3.8, 4) is 11.5 Å². The van der Waals surface area contributed by atoms with Crippen LogP contribution in [0.4, 0.5) is 5.69 Å². The number of methoxy groups -OCH3 is 2. The summed E-state index contributed by atoms with van der Waals surface area (Å²) in [5.74, 6) is 1.99. The van der Waals surface area contributed by atoms with Crippen molar-refractivity contribution in [2.75, 3.05) is 26.1 Å². The third-order valence-corrected chi connectivity index (χ3v) is 7.64. The van der Waals surface area contributed by atoms with Crippen LogP contribution >= 0.6 is 0 Å². The van der Waals surface area contributed by atoms with Crippen LogP contribution in [-0.4, -0.2) is 38.2 Å². The van der Waals surface area contributed by atoms with Crippen LogP contribution in [0.1, 0.15) is 41.6 Å². The van der Waals surface area contributed by atoms with Crippen LogP contribution in [0, 0.1) is 17.8 Å². The zero-order valence-electron chi connectivity index (χ0n) is 19.1. The molecule has 7 heteroatoms. The number of fused-ring (bicyclic) bond motifs is 3. The molecule has 2 amide bonds. The molecule has 2 aromatic rings. The van der Waals surface area contributed by atoms with Crippen LogP contribution in [0.3, 0.4) is 0 Å². The molecule has 3 fully saturated rings. The predicted octanol–water partition coefficient (Wildman–Crippen LogP) is 3.35. The van der Waals surface area contributed by atoms with Gasteiger partial charge in [-0.05, 0) is 67.9 Å². The largest absolute Gasteiger partial charge is 0.493 e. The van der Waals surface area contributed by atoms with Crippen LogP contribution in [-0.2, 0) is 11.2 Å². The lowest BCUT2D eigenvalue weighted by Gasteiger charge is -2.56. The van der Waals surface area contributed by atoms with Gasteiger partial charge in [-0.2, -0.15) is 0 Å². The van der Waals surface area contributed by atoms with Crippen molar-refractivity contribution >= 4 is 17.5 Å². The van der Waals surface area contributed by atoms with E-state index in [0.29, 0.717) is 23.6 Å². The highest BCUT2D eigenvalue weighted by Crippen LogP contribution is 2.51. The molecular weight excluding hydrogens is 418 g/mol. The number of para-hydroxylation sites is 1. The first kappa shape index (κ1) is 21.6. The van der Waals surface area contributed by atoms with E-state index in [0.717, 1.165) is 43.4 Å². The molecule has 4 aliphatic rings. The van der Waals surface area contributed by atoms with Crippen LogP contribution in [0.15, 0.2) is 42.5 Å². The molecule has 0 saturated heterocycles. The average Bonchev–Trinajstić information content (AvgIpc) is 2.84. The van der Waals surface area contributed by atoms with Gasteiger partial charge in [0, 0.05) is 24.1 Å². The Bertz CT molecular complexity index is 1070. The predicted molar refractivity (Wildman–Crippen MR) is 125 cm³/mol. The van der Waals surface area contributed by atoms with Gasteiger partial charge >= 0.3 is 0 Å². The summed E-state index contributed by atoms with van der Waals surface area (Å²) in [7, 11) is 3.24. The van der Waals surface area contributed by atoms with Crippen LogP contribution < -0.4 is 25.4 Å². The van der Waals surface area contributed by atoms with Gasteiger partial charge < -0.3 is 25.4 Å². The summed E-state index contributed by atoms with van der Waals surface area (Å²) in [6.07, 6.45) is 4.36. The third kappa shape index (κ3) is 3.90. The van der Waals surface area contributed by atoms with E-state index in [4.69, 9.17) is 9.47 Å². The molecular formula is C26H31N3O4. The highest BCUT2D eigenvalue weighted by molar-refractivity contribution is 6.02. The smallest absolute Gasteiger partial charge is 0.255 e. The molecule has 0 radical (unpaired) electrons. The normalized spacial score (nSPS) is 27.3. The van der Waals surface area contributed by atoms with Crippen molar-refractivity contribution in [3.63, 3.8) is 0 Å². The summed E-state index contributed by atoms with van der Waals surface area (Å²) in [6, 6.07) is 13.5. The fourth-order valence-corrected chi connectivity index (χ4v) is 5.96. The summed E-state index contributed by atoms with van der Waals surface area (Å²) >= 11 is 0. The molecule has 7 nitrogen and oxygen atoms in total. The van der Waals surface area contributed by atoms with Gasteiger partial charge in [0.15, 0.2) is 11.5 Å². The highest BCUT2D eigenvalue weighted by atomic mass is 16.5. The Labute approximate surface area is 194 Å². The molecule has 174 valence electrons. The quantitative estimate of drug-likeness (QED) is 0.630. The first-order valence-corrected chi connectivity index (χ1v) is 11.7. The van der Waals surface area contributed by atoms with Crippen molar-refractivity contribution in [2.45, 2.75) is 37.8 Å². The highest BCUT2D eigenvalue weighted by Gasteiger charge is 2.55. The number of anilines is 1. The van der Waals surface area contributed by atoms with Crippen molar-refractivity contribution < 1.29 is 19.1 Å². The molecule has 1 aliphatic heterocycles. The topological polar surface area (TPSA) is 88.7 Å². The number of carbonyl (C=O) groups is 2. The Kier molecular flexibility index (Phi) is 5.64. The van der Waals surface area contributed by atoms with Gasteiger partial charge in [0.25, 0.3) is 5.91 Å². The van der Waals surface area contributed by atoms with Gasteiger partial charge in [-0.25, -0.2) is 0 Å². The number of rotatable bonds is 6. The van der Waals surface area contributed by atoms with Crippen LogP contribution in [0.25, 0.3) is 0 Å². The second-order valence-electron chi connectivity index (χ2n) is 9.41. The van der Waals surface area contributed by atoms with Crippen LogP contribution in [0.5, 0.6) is 11.5 Å². The average molecular weight is 450 g/mol. The summed E-state index contributed by atoms with van der Waals surface area (Å²) in [5, 5.41) is 10.0. The van der Waals surface area contributed by atoms with Gasteiger partial charge in [0.05, 0.1) is 19.8 Å². The second kappa shape index (κ2) is 8.61. The van der Waals surface area contributed by atoms with Crippen molar-refractivity contribution in [1.29, 1.82) is 0 Å². The molecule has 33 heavy (non-hydrogen) atoms. The number of nitrogens with one attached hydrogen (secondary N) is 3. The molecule has 2 bridgehead atoms. The minimum Gasteiger partial charge on any atom is -0.493 e. The van der Waals surface area contributed by atoms with Gasteiger partial charge in [-0.15, -0.1) is 0 Å². The van der Waals surface area contributed by atoms with Gasteiger partial charge in [0.1, 0.15) is 5.66 Å². The molecule has 1 heterocycles. The maximum absolute atomic E-state index is 13.1. The Morgan fingerprint density at radius 2 is 1.91 bits per heavy atom. The number of hydrogen-bond acceptors (Lipinski definition) is 5. The van der Waals surface area contributed by atoms with E-state index in [1.54, 1.807) is 14.2 Å². The molecule has 3 N–H and O–H groups in total. The molecule has 2 aromatic carbocycles. The van der Waals surface area contributed by atoms with E-state index < -0.39 is 5.66 Å². The molecule has 0 unspecified atom stereocenters. The zero-order valence-corrected chi connectivity index (χ0v) is 19.1. The standard InChI is InChI=1S/C26H31N3O4/c1-32-22-10-7-16(13-23(22)33-2)11-12-27-24(30)20-14-18-9-8-17(20)15-26(18)28-21-6-4-3-5-19(21)25(31)29-26/h3-7,10,13,17-18,20,28H,8-9,11-12,14-15H2,1-2H3,(H,27,30)(H,29,31)/t17-,18+,20-,26+/m0/s1. The Morgan fingerprint density at radius 3 is 2.67 bits per heavy atom. The summed E-state index contributed by atoms with van der Waals surface area (Å²) in [5.41, 5.74) is 2.23. The fraction of sp³-hybridized carbons (Fsp3) is 0.462. The Morgan fingerprint density at radius 1 is 1.09 bits per heavy atom. The third-order valence-electron chi connectivity index (χ3n) is 7.64. The minimum atomic E-state index is -0.440. The lowest BCUT2D eigenvalue weighted by molar-refractivity contribution is -0.132. The van der Waals surface area contributed by atoms with E-state index in [1.165, 1.54) is 0 Å². The van der Waals surface area contributed by atoms with E-state index in [9.17, 15) is 9.59 Å². The summed E-state index contributed by atoms with van der Waals surface area (Å²) in [6.45, 7) is 0.579. The second-order valence-corrected chi connectivity index (χ2v) is 9.41. The Hall–Kier alpha value is -3.22. The molecule has 4 atom stereocenters. The summed E-state index contributed by atoms with van der Waals surface area (Å²) in [4.78, 5) is 25.8. The molecule has 3 aliphatic carbocycles. The van der Waals surface area contributed by atoms with Crippen molar-refractivity contribution in [3.05, 3.63) is 53.6 Å². The molecule has 6 rings (SSSR count). The van der Waals surface area contributed by atoms with E-state index in [-0.39, 0.29) is 29.6 Å². The maximum atomic E-state index is 13.1. The first-order valence-electron chi connectivity index (χ1n) is 11.7. The number of carbonyl (C=O) groups excluding carboxylic acids is 2. The zero-order chi connectivity index (χ0) is 23.0. The molecule has 3 saturated carbocycles. The number of amides is 2. The van der Waals surface area contributed by atoms with Crippen LogP contribution in [0.2, 0.25) is 0 Å². The number of hydrogen-bond donors (Lipinski definition) is 3. The maximum Gasteiger partial charge on any atom is 0.255 e. The summed E-state index contributed by atoms with van der Waals surface area (Å²) < 4.78 is 10.7. The monoisotopic (exact) mass is 449 g/mol. The lowest BCUT2D eigenvalue weighted by Crippen LogP contribution is -2.68. The molecule has 1 spiro atoms. The van der Waals surface area contributed by atoms with E-state index in [2.05, 4.69) is 16.0 Å². The minimum absolute atomic E-state index is 0.00403. The Balaban J connectivity index is 1.21. The number of benzene rings is 2. The van der Waals surface area contributed by atoms with Gasteiger partial charge in [-0.1, -0.05) is 18.2 Å². The SMILES string of the molecule is COc1ccc(CCNC(=O)[C@H]2C[C@H]3CC[C@H]2C[C@@]32NC(=O)c3ccccc3N2)cc1OC. The van der Waals surface area contributed by atoms with E-state index >= 15 is 0 Å².